The second-order valence-corrected chi connectivity index (χ2v) is 4.23. The van der Waals surface area contributed by atoms with E-state index in [-0.39, 0.29) is 12.3 Å². The minimum Gasteiger partial charge on any atom is -0.397 e. The average Bonchev–Trinajstić information content (AvgIpc) is 2.91. The molecular weight excluding hydrogens is 242 g/mol. The van der Waals surface area contributed by atoms with Crippen molar-refractivity contribution in [1.82, 2.24) is 20.1 Å². The molecule has 3 N–H and O–H groups in total. The van der Waals surface area contributed by atoms with Crippen molar-refractivity contribution in [1.29, 1.82) is 0 Å². The highest BCUT2D eigenvalue weighted by Gasteiger charge is 2.03. The molecule has 0 unspecified atom stereocenters. The molecule has 0 aliphatic carbocycles. The van der Waals surface area contributed by atoms with Crippen LogP contribution in [0.25, 0.3) is 0 Å². The highest BCUT2D eigenvalue weighted by Crippen LogP contribution is 2.01. The Kier molecular flexibility index (Phi) is 4.49. The van der Waals surface area contributed by atoms with Crippen molar-refractivity contribution >= 4 is 11.6 Å². The Morgan fingerprint density at radius 3 is 3.00 bits per heavy atom. The first-order valence-corrected chi connectivity index (χ1v) is 6.18. The molecule has 2 aromatic heterocycles. The molecule has 0 saturated heterocycles. The van der Waals surface area contributed by atoms with Crippen molar-refractivity contribution in [2.45, 2.75) is 19.4 Å². The normalized spacial score (nSPS) is 10.3. The highest BCUT2D eigenvalue weighted by molar-refractivity contribution is 5.78. The van der Waals surface area contributed by atoms with Crippen molar-refractivity contribution in [3.05, 3.63) is 42.5 Å². The van der Waals surface area contributed by atoms with E-state index in [0.717, 1.165) is 18.7 Å². The van der Waals surface area contributed by atoms with Crippen LogP contribution in [0.3, 0.4) is 0 Å². The number of rotatable bonds is 6. The lowest BCUT2D eigenvalue weighted by molar-refractivity contribution is -0.120. The van der Waals surface area contributed by atoms with E-state index in [1.807, 2.05) is 16.9 Å². The number of aromatic nitrogens is 3. The van der Waals surface area contributed by atoms with Gasteiger partial charge in [-0.05, 0) is 24.6 Å². The predicted molar refractivity (Wildman–Crippen MR) is 72.2 cm³/mol. The van der Waals surface area contributed by atoms with Crippen molar-refractivity contribution in [2.75, 3.05) is 12.3 Å². The number of nitrogen functional groups attached to an aromatic ring is 1. The SMILES string of the molecule is Nc1ccc(CC(=O)NCCCn2cccn2)nc1. The first-order chi connectivity index (χ1) is 9.24. The summed E-state index contributed by atoms with van der Waals surface area (Å²) < 4.78 is 1.84. The van der Waals surface area contributed by atoms with Gasteiger partial charge in [0.2, 0.25) is 5.91 Å². The maximum absolute atomic E-state index is 11.7. The summed E-state index contributed by atoms with van der Waals surface area (Å²) in [6.07, 6.45) is 6.33. The van der Waals surface area contributed by atoms with Crippen LogP contribution >= 0.6 is 0 Å². The molecule has 0 atom stereocenters. The Hall–Kier alpha value is -2.37. The van der Waals surface area contributed by atoms with Gasteiger partial charge in [0.15, 0.2) is 0 Å². The van der Waals surface area contributed by atoms with Gasteiger partial charge in [-0.15, -0.1) is 0 Å². The monoisotopic (exact) mass is 259 g/mol. The molecule has 0 fully saturated rings. The highest BCUT2D eigenvalue weighted by atomic mass is 16.1. The zero-order chi connectivity index (χ0) is 13.5. The summed E-state index contributed by atoms with van der Waals surface area (Å²) in [4.78, 5) is 15.7. The number of amides is 1. The topological polar surface area (TPSA) is 85.8 Å². The molecule has 0 bridgehead atoms. The zero-order valence-corrected chi connectivity index (χ0v) is 10.6. The molecule has 2 aromatic rings. The quantitative estimate of drug-likeness (QED) is 0.744. The van der Waals surface area contributed by atoms with E-state index in [2.05, 4.69) is 15.4 Å². The lowest BCUT2D eigenvalue weighted by Gasteiger charge is -2.05. The number of anilines is 1. The maximum Gasteiger partial charge on any atom is 0.226 e. The number of nitrogens with zero attached hydrogens (tertiary/aromatic N) is 3. The van der Waals surface area contributed by atoms with E-state index >= 15 is 0 Å². The minimum absolute atomic E-state index is 0.0299. The van der Waals surface area contributed by atoms with Crippen molar-refractivity contribution < 1.29 is 4.79 Å². The molecule has 19 heavy (non-hydrogen) atoms. The molecule has 6 heteroatoms. The van der Waals surface area contributed by atoms with Gasteiger partial charge in [0.1, 0.15) is 0 Å². The Labute approximate surface area is 111 Å². The van der Waals surface area contributed by atoms with Gasteiger partial charge >= 0.3 is 0 Å². The molecule has 1 amide bonds. The molecule has 0 aliphatic rings. The number of hydrogen-bond acceptors (Lipinski definition) is 4. The number of nitrogens with two attached hydrogens (primary N) is 1. The fourth-order valence-electron chi connectivity index (χ4n) is 1.67. The molecule has 2 heterocycles. The molecule has 0 aliphatic heterocycles. The molecule has 100 valence electrons. The summed E-state index contributed by atoms with van der Waals surface area (Å²) in [7, 11) is 0. The summed E-state index contributed by atoms with van der Waals surface area (Å²) in [6, 6.07) is 5.39. The first kappa shape index (κ1) is 13.1. The predicted octanol–water partition coefficient (Wildman–Crippen LogP) is 0.609. The number of pyridine rings is 1. The van der Waals surface area contributed by atoms with Crippen LogP contribution in [0.1, 0.15) is 12.1 Å². The third kappa shape index (κ3) is 4.42. The van der Waals surface area contributed by atoms with Crippen molar-refractivity contribution in [3.8, 4) is 0 Å². The Bertz CT molecular complexity index is 506. The van der Waals surface area contributed by atoms with Crippen LogP contribution in [0, 0.1) is 0 Å². The number of hydrogen-bond donors (Lipinski definition) is 2. The van der Waals surface area contributed by atoms with Gasteiger partial charge in [-0.3, -0.25) is 14.5 Å². The van der Waals surface area contributed by atoms with Crippen LogP contribution in [0.2, 0.25) is 0 Å². The summed E-state index contributed by atoms with van der Waals surface area (Å²) >= 11 is 0. The average molecular weight is 259 g/mol. The van der Waals surface area contributed by atoms with Crippen LogP contribution in [0.4, 0.5) is 5.69 Å². The Morgan fingerprint density at radius 1 is 1.42 bits per heavy atom. The molecule has 6 nitrogen and oxygen atoms in total. The van der Waals surface area contributed by atoms with Crippen LogP contribution in [0.15, 0.2) is 36.8 Å². The zero-order valence-electron chi connectivity index (χ0n) is 10.6. The van der Waals surface area contributed by atoms with Crippen molar-refractivity contribution in [2.24, 2.45) is 0 Å². The second kappa shape index (κ2) is 6.53. The van der Waals surface area contributed by atoms with Gasteiger partial charge in [-0.1, -0.05) is 0 Å². The Morgan fingerprint density at radius 2 is 2.32 bits per heavy atom. The standard InChI is InChI=1S/C13H17N5O/c14-11-3-4-12(16-10-11)9-13(19)15-5-1-7-18-8-2-6-17-18/h2-4,6,8,10H,1,5,7,9,14H2,(H,15,19). The fourth-order valence-corrected chi connectivity index (χ4v) is 1.67. The lowest BCUT2D eigenvalue weighted by Crippen LogP contribution is -2.27. The largest absolute Gasteiger partial charge is 0.397 e. The van der Waals surface area contributed by atoms with Gasteiger partial charge in [-0.2, -0.15) is 5.10 Å². The summed E-state index contributed by atoms with van der Waals surface area (Å²) in [6.45, 7) is 1.43. The van der Waals surface area contributed by atoms with E-state index in [1.165, 1.54) is 0 Å². The number of nitrogens with one attached hydrogen (secondary N) is 1. The molecule has 0 spiro atoms. The maximum atomic E-state index is 11.7. The van der Waals surface area contributed by atoms with E-state index < -0.39 is 0 Å². The fraction of sp³-hybridized carbons (Fsp3) is 0.308. The molecule has 2 rings (SSSR count). The van der Waals surface area contributed by atoms with E-state index in [4.69, 9.17) is 5.73 Å². The number of aryl methyl sites for hydroxylation is 1. The third-order valence-electron chi connectivity index (χ3n) is 2.63. The number of carbonyl (C=O) groups excluding carboxylic acids is 1. The summed E-state index contributed by atoms with van der Waals surface area (Å²) in [5.41, 5.74) is 6.85. The van der Waals surface area contributed by atoms with Crippen LogP contribution in [0.5, 0.6) is 0 Å². The Balaban J connectivity index is 1.65. The van der Waals surface area contributed by atoms with Crippen LogP contribution in [-0.4, -0.2) is 27.2 Å². The first-order valence-electron chi connectivity index (χ1n) is 6.18. The minimum atomic E-state index is -0.0299. The van der Waals surface area contributed by atoms with Gasteiger partial charge in [0, 0.05) is 31.2 Å². The van der Waals surface area contributed by atoms with Gasteiger partial charge in [0.25, 0.3) is 0 Å². The number of carbonyl (C=O) groups is 1. The molecule has 0 saturated carbocycles. The smallest absolute Gasteiger partial charge is 0.226 e. The van der Waals surface area contributed by atoms with Gasteiger partial charge in [0.05, 0.1) is 18.3 Å². The second-order valence-electron chi connectivity index (χ2n) is 4.23. The lowest BCUT2D eigenvalue weighted by atomic mass is 10.2. The van der Waals surface area contributed by atoms with E-state index in [0.29, 0.717) is 12.2 Å². The molecular formula is C13H17N5O. The summed E-state index contributed by atoms with van der Waals surface area (Å²) in [5.74, 6) is -0.0299. The molecule has 0 radical (unpaired) electrons. The third-order valence-corrected chi connectivity index (χ3v) is 2.63. The van der Waals surface area contributed by atoms with Crippen LogP contribution in [-0.2, 0) is 17.8 Å². The van der Waals surface area contributed by atoms with Gasteiger partial charge < -0.3 is 11.1 Å². The van der Waals surface area contributed by atoms with E-state index in [9.17, 15) is 4.79 Å². The van der Waals surface area contributed by atoms with Gasteiger partial charge in [-0.25, -0.2) is 0 Å². The van der Waals surface area contributed by atoms with E-state index in [1.54, 1.807) is 24.5 Å². The van der Waals surface area contributed by atoms with Crippen LogP contribution < -0.4 is 11.1 Å². The van der Waals surface area contributed by atoms with Crippen molar-refractivity contribution in [3.63, 3.8) is 0 Å². The molecule has 0 aromatic carbocycles. The summed E-state index contributed by atoms with van der Waals surface area (Å²) in [5, 5.41) is 6.95.